The summed E-state index contributed by atoms with van der Waals surface area (Å²) in [4.78, 5) is 0. The standard InChI is InChI=1S/C16H35NO/c1-4-6-8-12-16(13-9-7-5-2)17-15(3)11-10-14-18/h15-18H,4-14H2,1-3H3. The molecule has 18 heavy (non-hydrogen) atoms. The normalized spacial score (nSPS) is 13.2. The van der Waals surface area contributed by atoms with E-state index in [1.807, 2.05) is 0 Å². The van der Waals surface area contributed by atoms with Gasteiger partial charge in [-0.15, -0.1) is 0 Å². The first kappa shape index (κ1) is 17.9. The van der Waals surface area contributed by atoms with Gasteiger partial charge in [0.15, 0.2) is 0 Å². The van der Waals surface area contributed by atoms with Crippen molar-refractivity contribution in [2.45, 2.75) is 97.1 Å². The third-order valence-electron chi connectivity index (χ3n) is 3.63. The number of aliphatic hydroxyl groups is 1. The number of unbranched alkanes of at least 4 members (excludes halogenated alkanes) is 4. The maximum atomic E-state index is 8.87. The highest BCUT2D eigenvalue weighted by Gasteiger charge is 2.11. The second-order valence-corrected chi connectivity index (χ2v) is 5.62. The van der Waals surface area contributed by atoms with Gasteiger partial charge in [0.25, 0.3) is 0 Å². The SMILES string of the molecule is CCCCCC(CCCCC)NC(C)CCCO. The van der Waals surface area contributed by atoms with Gasteiger partial charge in [-0.25, -0.2) is 0 Å². The molecule has 0 aromatic rings. The molecule has 0 aromatic carbocycles. The van der Waals surface area contributed by atoms with Crippen molar-refractivity contribution in [1.29, 1.82) is 0 Å². The second-order valence-electron chi connectivity index (χ2n) is 5.62. The summed E-state index contributed by atoms with van der Waals surface area (Å²) in [6, 6.07) is 1.24. The minimum absolute atomic E-state index is 0.322. The number of nitrogens with one attached hydrogen (secondary N) is 1. The molecule has 2 heteroatoms. The molecule has 0 fully saturated rings. The Morgan fingerprint density at radius 1 is 0.833 bits per heavy atom. The van der Waals surface area contributed by atoms with Crippen LogP contribution in [0.25, 0.3) is 0 Å². The van der Waals surface area contributed by atoms with E-state index in [1.54, 1.807) is 0 Å². The van der Waals surface area contributed by atoms with Gasteiger partial charge in [-0.05, 0) is 32.6 Å². The van der Waals surface area contributed by atoms with Crippen LogP contribution in [0, 0.1) is 0 Å². The Bertz CT molecular complexity index is 151. The molecule has 0 rings (SSSR count). The first-order valence-corrected chi connectivity index (χ1v) is 8.11. The monoisotopic (exact) mass is 257 g/mol. The van der Waals surface area contributed by atoms with Gasteiger partial charge < -0.3 is 10.4 Å². The zero-order chi connectivity index (χ0) is 13.6. The Hall–Kier alpha value is -0.0800. The zero-order valence-electron chi connectivity index (χ0n) is 12.9. The Morgan fingerprint density at radius 3 is 1.83 bits per heavy atom. The van der Waals surface area contributed by atoms with Crippen molar-refractivity contribution < 1.29 is 5.11 Å². The van der Waals surface area contributed by atoms with Crippen molar-refractivity contribution >= 4 is 0 Å². The molecule has 2 nitrogen and oxygen atoms in total. The van der Waals surface area contributed by atoms with Gasteiger partial charge in [0, 0.05) is 18.7 Å². The predicted molar refractivity (Wildman–Crippen MR) is 81.0 cm³/mol. The molecule has 0 aliphatic heterocycles. The topological polar surface area (TPSA) is 32.3 Å². The van der Waals surface area contributed by atoms with Crippen LogP contribution < -0.4 is 5.32 Å². The molecule has 0 aromatic heterocycles. The van der Waals surface area contributed by atoms with Gasteiger partial charge in [0.2, 0.25) is 0 Å². The van der Waals surface area contributed by atoms with Gasteiger partial charge in [-0.1, -0.05) is 52.4 Å². The quantitative estimate of drug-likeness (QED) is 0.483. The molecular weight excluding hydrogens is 222 g/mol. The molecule has 1 atom stereocenters. The van der Waals surface area contributed by atoms with E-state index in [1.165, 1.54) is 51.4 Å². The number of hydrogen-bond donors (Lipinski definition) is 2. The molecule has 2 N–H and O–H groups in total. The summed E-state index contributed by atoms with van der Waals surface area (Å²) in [5.74, 6) is 0. The summed E-state index contributed by atoms with van der Waals surface area (Å²) >= 11 is 0. The molecule has 0 aliphatic rings. The molecule has 0 aliphatic carbocycles. The fourth-order valence-electron chi connectivity index (χ4n) is 2.48. The van der Waals surface area contributed by atoms with Crippen LogP contribution in [0.2, 0.25) is 0 Å². The molecule has 0 amide bonds. The van der Waals surface area contributed by atoms with Crippen molar-refractivity contribution in [2.24, 2.45) is 0 Å². The van der Waals surface area contributed by atoms with Crippen LogP contribution >= 0.6 is 0 Å². The number of rotatable bonds is 13. The third kappa shape index (κ3) is 11.0. The summed E-state index contributed by atoms with van der Waals surface area (Å²) in [6.07, 6.45) is 12.7. The molecule has 0 bridgehead atoms. The summed E-state index contributed by atoms with van der Waals surface area (Å²) in [7, 11) is 0. The average Bonchev–Trinajstić information content (AvgIpc) is 2.36. The van der Waals surface area contributed by atoms with Crippen molar-refractivity contribution in [3.05, 3.63) is 0 Å². The average molecular weight is 257 g/mol. The molecule has 0 saturated carbocycles. The lowest BCUT2D eigenvalue weighted by Crippen LogP contribution is -2.36. The number of hydrogen-bond acceptors (Lipinski definition) is 2. The van der Waals surface area contributed by atoms with E-state index in [2.05, 4.69) is 26.1 Å². The van der Waals surface area contributed by atoms with Crippen molar-refractivity contribution in [2.75, 3.05) is 6.61 Å². The first-order chi connectivity index (χ1) is 8.74. The van der Waals surface area contributed by atoms with Crippen LogP contribution in [0.1, 0.15) is 85.0 Å². The summed E-state index contributed by atoms with van der Waals surface area (Å²) < 4.78 is 0. The van der Waals surface area contributed by atoms with Crippen LogP contribution in [0.3, 0.4) is 0 Å². The minimum atomic E-state index is 0.322. The van der Waals surface area contributed by atoms with Gasteiger partial charge in [0.05, 0.1) is 0 Å². The molecule has 1 unspecified atom stereocenters. The van der Waals surface area contributed by atoms with Crippen LogP contribution in [0.15, 0.2) is 0 Å². The molecule has 0 spiro atoms. The van der Waals surface area contributed by atoms with E-state index in [0.29, 0.717) is 18.7 Å². The first-order valence-electron chi connectivity index (χ1n) is 8.11. The highest BCUT2D eigenvalue weighted by molar-refractivity contribution is 4.72. The smallest absolute Gasteiger partial charge is 0.0431 e. The lowest BCUT2D eigenvalue weighted by atomic mass is 10.0. The van der Waals surface area contributed by atoms with Gasteiger partial charge in [-0.3, -0.25) is 0 Å². The zero-order valence-corrected chi connectivity index (χ0v) is 12.9. The Morgan fingerprint density at radius 2 is 1.39 bits per heavy atom. The predicted octanol–water partition coefficient (Wildman–Crippen LogP) is 4.27. The molecule has 0 radical (unpaired) electrons. The van der Waals surface area contributed by atoms with E-state index in [9.17, 15) is 0 Å². The van der Waals surface area contributed by atoms with Gasteiger partial charge >= 0.3 is 0 Å². The third-order valence-corrected chi connectivity index (χ3v) is 3.63. The van der Waals surface area contributed by atoms with Gasteiger partial charge in [-0.2, -0.15) is 0 Å². The maximum absolute atomic E-state index is 8.87. The van der Waals surface area contributed by atoms with Crippen molar-refractivity contribution in [3.8, 4) is 0 Å². The fourth-order valence-corrected chi connectivity index (χ4v) is 2.48. The van der Waals surface area contributed by atoms with Crippen LogP contribution in [-0.4, -0.2) is 23.8 Å². The van der Waals surface area contributed by atoms with Crippen LogP contribution in [0.5, 0.6) is 0 Å². The summed E-state index contributed by atoms with van der Waals surface area (Å²) in [6.45, 7) is 7.11. The molecule has 0 saturated heterocycles. The van der Waals surface area contributed by atoms with Crippen molar-refractivity contribution in [1.82, 2.24) is 5.32 Å². The maximum Gasteiger partial charge on any atom is 0.0431 e. The van der Waals surface area contributed by atoms with Crippen LogP contribution in [0.4, 0.5) is 0 Å². The minimum Gasteiger partial charge on any atom is -0.396 e. The van der Waals surface area contributed by atoms with E-state index >= 15 is 0 Å². The Kier molecular flexibility index (Phi) is 13.3. The Balaban J connectivity index is 3.85. The molecule has 110 valence electrons. The van der Waals surface area contributed by atoms with Crippen molar-refractivity contribution in [3.63, 3.8) is 0 Å². The fraction of sp³-hybridized carbons (Fsp3) is 1.00. The van der Waals surface area contributed by atoms with E-state index in [0.717, 1.165) is 12.8 Å². The lowest BCUT2D eigenvalue weighted by Gasteiger charge is -2.23. The van der Waals surface area contributed by atoms with Crippen LogP contribution in [-0.2, 0) is 0 Å². The molecular formula is C16H35NO. The van der Waals surface area contributed by atoms with E-state index < -0.39 is 0 Å². The van der Waals surface area contributed by atoms with Gasteiger partial charge in [0.1, 0.15) is 0 Å². The van der Waals surface area contributed by atoms with E-state index in [-0.39, 0.29) is 0 Å². The van der Waals surface area contributed by atoms with E-state index in [4.69, 9.17) is 5.11 Å². The molecule has 0 heterocycles. The number of aliphatic hydroxyl groups excluding tert-OH is 1. The lowest BCUT2D eigenvalue weighted by molar-refractivity contribution is 0.270. The highest BCUT2D eigenvalue weighted by atomic mass is 16.2. The Labute approximate surface area is 115 Å². The summed E-state index contributed by atoms with van der Waals surface area (Å²) in [5, 5.41) is 12.6. The summed E-state index contributed by atoms with van der Waals surface area (Å²) in [5.41, 5.74) is 0. The highest BCUT2D eigenvalue weighted by Crippen LogP contribution is 2.12. The second kappa shape index (κ2) is 13.4. The largest absolute Gasteiger partial charge is 0.396 e.